The maximum absolute atomic E-state index is 12.8. The van der Waals surface area contributed by atoms with Gasteiger partial charge in [-0.3, -0.25) is 4.90 Å². The van der Waals surface area contributed by atoms with E-state index in [1.807, 2.05) is 6.92 Å². The van der Waals surface area contributed by atoms with Crippen molar-refractivity contribution in [1.29, 1.82) is 0 Å². The molecule has 0 bridgehead atoms. The number of quaternary nitrogens is 1. The lowest BCUT2D eigenvalue weighted by Gasteiger charge is -2.35. The quantitative estimate of drug-likeness (QED) is 0.271. The smallest absolute Gasteiger partial charge is 0.297 e. The Labute approximate surface area is 119 Å². The molecule has 20 heavy (non-hydrogen) atoms. The second-order valence-electron chi connectivity index (χ2n) is 6.62. The van der Waals surface area contributed by atoms with Gasteiger partial charge in [0.15, 0.2) is 5.60 Å². The Kier molecular flexibility index (Phi) is 3.25. The lowest BCUT2D eigenvalue weighted by Crippen LogP contribution is -3.21. The highest BCUT2D eigenvalue weighted by Crippen LogP contribution is 2.36. The first-order valence-electron chi connectivity index (χ1n) is 7.65. The molecule has 1 saturated carbocycles. The van der Waals surface area contributed by atoms with Gasteiger partial charge in [0.25, 0.3) is 5.66 Å². The van der Waals surface area contributed by atoms with Crippen LogP contribution in [0, 0.1) is 5.21 Å². The summed E-state index contributed by atoms with van der Waals surface area (Å²) >= 11 is 0. The standard InChI is InChI=1S/C14H23N3O3/c1-13(16-8-3-2-4-9-16)10-14(18)11(15-19)6-5-7-12(14)17(13)20/h18-19H,2-10H2,1H3/p+1/b15-11-/t13-,14-/m0/s1. The summed E-state index contributed by atoms with van der Waals surface area (Å²) in [6.07, 6.45) is 5.76. The molecule has 112 valence electrons. The maximum atomic E-state index is 12.8. The van der Waals surface area contributed by atoms with Crippen molar-refractivity contribution in [2.45, 2.75) is 63.1 Å². The number of oxime groups is 1. The molecule has 0 aromatic heterocycles. The number of aliphatic hydroxyl groups is 1. The van der Waals surface area contributed by atoms with Gasteiger partial charge in [-0.25, -0.2) is 0 Å². The summed E-state index contributed by atoms with van der Waals surface area (Å²) in [6, 6.07) is 0. The number of rotatable bonds is 1. The SMILES string of the molecule is C[C@@]1([NH+]2CCCCC2)C[C@@]2(O)C(=[N+]1[O-])CCC/C2=N/O. The van der Waals surface area contributed by atoms with Gasteiger partial charge in [0.1, 0.15) is 6.42 Å². The van der Waals surface area contributed by atoms with E-state index in [1.54, 1.807) is 0 Å². The lowest BCUT2D eigenvalue weighted by molar-refractivity contribution is -1.04. The van der Waals surface area contributed by atoms with Gasteiger partial charge >= 0.3 is 0 Å². The van der Waals surface area contributed by atoms with E-state index in [0.29, 0.717) is 30.7 Å². The van der Waals surface area contributed by atoms with E-state index in [1.165, 1.54) is 11.3 Å². The molecule has 2 atom stereocenters. The average molecular weight is 282 g/mol. The van der Waals surface area contributed by atoms with Gasteiger partial charge in [0.05, 0.1) is 25.7 Å². The van der Waals surface area contributed by atoms with Gasteiger partial charge < -0.3 is 15.5 Å². The molecule has 0 aromatic rings. The highest BCUT2D eigenvalue weighted by molar-refractivity contribution is 6.15. The Morgan fingerprint density at radius 1 is 1.20 bits per heavy atom. The number of nitrogens with one attached hydrogen (secondary N) is 1. The summed E-state index contributed by atoms with van der Waals surface area (Å²) in [6.45, 7) is 3.90. The van der Waals surface area contributed by atoms with E-state index in [9.17, 15) is 10.3 Å². The molecular weight excluding hydrogens is 258 g/mol. The number of likely N-dealkylation sites (tertiary alicyclic amines) is 1. The zero-order valence-corrected chi connectivity index (χ0v) is 12.1. The number of hydrogen-bond donors (Lipinski definition) is 3. The zero-order valence-electron chi connectivity index (χ0n) is 12.1. The van der Waals surface area contributed by atoms with Crippen molar-refractivity contribution < 1.29 is 20.0 Å². The minimum absolute atomic E-state index is 0.341. The van der Waals surface area contributed by atoms with Crippen molar-refractivity contribution in [3.63, 3.8) is 0 Å². The molecule has 2 heterocycles. The van der Waals surface area contributed by atoms with Crippen molar-refractivity contribution in [2.75, 3.05) is 13.1 Å². The first-order valence-corrected chi connectivity index (χ1v) is 7.65. The van der Waals surface area contributed by atoms with E-state index < -0.39 is 11.3 Å². The molecule has 1 aliphatic carbocycles. The Morgan fingerprint density at radius 3 is 2.55 bits per heavy atom. The molecule has 2 aliphatic heterocycles. The second kappa shape index (κ2) is 4.70. The Hall–Kier alpha value is -1.14. The fourth-order valence-electron chi connectivity index (χ4n) is 4.26. The number of fused-ring (bicyclic) bond motifs is 1. The van der Waals surface area contributed by atoms with Crippen LogP contribution in [0.25, 0.3) is 0 Å². The Balaban J connectivity index is 1.98. The predicted molar refractivity (Wildman–Crippen MR) is 74.2 cm³/mol. The summed E-state index contributed by atoms with van der Waals surface area (Å²) in [5, 5.41) is 36.1. The summed E-state index contributed by atoms with van der Waals surface area (Å²) < 4.78 is 1.04. The third-order valence-electron chi connectivity index (χ3n) is 5.41. The van der Waals surface area contributed by atoms with Gasteiger partial charge in [-0.15, -0.1) is 0 Å². The van der Waals surface area contributed by atoms with Gasteiger partial charge in [-0.2, -0.15) is 4.74 Å². The second-order valence-corrected chi connectivity index (χ2v) is 6.62. The molecule has 0 unspecified atom stereocenters. The largest absolute Gasteiger partial charge is 0.619 e. The summed E-state index contributed by atoms with van der Waals surface area (Å²) in [5.74, 6) is 0. The fraction of sp³-hybridized carbons (Fsp3) is 0.857. The van der Waals surface area contributed by atoms with Crippen LogP contribution in [-0.2, 0) is 0 Å². The van der Waals surface area contributed by atoms with E-state index in [0.717, 1.165) is 37.1 Å². The number of piperidine rings is 1. The fourth-order valence-corrected chi connectivity index (χ4v) is 4.26. The third kappa shape index (κ3) is 1.78. The van der Waals surface area contributed by atoms with Crippen LogP contribution in [-0.4, -0.2) is 50.8 Å². The summed E-state index contributed by atoms with van der Waals surface area (Å²) in [5.41, 5.74) is -1.10. The van der Waals surface area contributed by atoms with Crippen LogP contribution in [0.1, 0.15) is 51.9 Å². The van der Waals surface area contributed by atoms with E-state index in [2.05, 4.69) is 5.16 Å². The molecule has 0 spiro atoms. The van der Waals surface area contributed by atoms with Crippen LogP contribution >= 0.6 is 0 Å². The van der Waals surface area contributed by atoms with Crippen LogP contribution in [0.4, 0.5) is 0 Å². The molecule has 1 saturated heterocycles. The van der Waals surface area contributed by atoms with Crippen LogP contribution in [0.3, 0.4) is 0 Å². The molecular formula is C14H24N3O3+. The Bertz CT molecular complexity index is 470. The highest BCUT2D eigenvalue weighted by atomic mass is 16.5. The topological polar surface area (TPSA) is 83.3 Å². The van der Waals surface area contributed by atoms with Crippen LogP contribution in [0.5, 0.6) is 0 Å². The first-order chi connectivity index (χ1) is 9.52. The number of nitrogens with zero attached hydrogens (tertiary/aromatic N) is 2. The van der Waals surface area contributed by atoms with Gasteiger partial charge in [0, 0.05) is 6.42 Å². The molecule has 3 aliphatic rings. The van der Waals surface area contributed by atoms with Crippen LogP contribution in [0.15, 0.2) is 5.16 Å². The Morgan fingerprint density at radius 2 is 1.90 bits per heavy atom. The van der Waals surface area contributed by atoms with Gasteiger partial charge in [0.2, 0.25) is 5.71 Å². The molecule has 0 radical (unpaired) electrons. The van der Waals surface area contributed by atoms with E-state index in [-0.39, 0.29) is 0 Å². The van der Waals surface area contributed by atoms with Crippen molar-refractivity contribution in [1.82, 2.24) is 0 Å². The average Bonchev–Trinajstić information content (AvgIpc) is 2.68. The normalized spacial score (nSPS) is 41.2. The van der Waals surface area contributed by atoms with E-state index >= 15 is 0 Å². The minimum Gasteiger partial charge on any atom is -0.619 e. The molecule has 0 amide bonds. The van der Waals surface area contributed by atoms with Crippen LogP contribution in [0.2, 0.25) is 0 Å². The van der Waals surface area contributed by atoms with Crippen LogP contribution < -0.4 is 4.90 Å². The van der Waals surface area contributed by atoms with E-state index in [4.69, 9.17) is 5.21 Å². The molecule has 0 aromatic carbocycles. The zero-order chi connectivity index (χ0) is 14.4. The molecule has 3 N–H and O–H groups in total. The molecule has 6 nitrogen and oxygen atoms in total. The number of hydroxylamine groups is 1. The predicted octanol–water partition coefficient (Wildman–Crippen LogP) is -0.128. The third-order valence-corrected chi connectivity index (χ3v) is 5.41. The van der Waals surface area contributed by atoms with Crippen molar-refractivity contribution in [3.8, 4) is 0 Å². The summed E-state index contributed by atoms with van der Waals surface area (Å²) in [7, 11) is 0. The lowest BCUT2D eigenvalue weighted by atomic mass is 9.78. The number of hydrogen-bond acceptors (Lipinski definition) is 4. The van der Waals surface area contributed by atoms with Crippen molar-refractivity contribution in [3.05, 3.63) is 5.21 Å². The molecule has 6 heteroatoms. The molecule has 2 fully saturated rings. The minimum atomic E-state index is -1.33. The monoisotopic (exact) mass is 282 g/mol. The highest BCUT2D eigenvalue weighted by Gasteiger charge is 2.64. The molecule has 3 rings (SSSR count). The first kappa shape index (κ1) is 13.8. The summed E-state index contributed by atoms with van der Waals surface area (Å²) in [4.78, 5) is 1.26. The van der Waals surface area contributed by atoms with Crippen molar-refractivity contribution >= 4 is 11.4 Å². The van der Waals surface area contributed by atoms with Gasteiger partial charge in [-0.05, 0) is 32.1 Å². The maximum Gasteiger partial charge on any atom is 0.297 e. The van der Waals surface area contributed by atoms with Gasteiger partial charge in [-0.1, -0.05) is 5.16 Å². The van der Waals surface area contributed by atoms with Crippen molar-refractivity contribution in [2.24, 2.45) is 5.16 Å².